The highest BCUT2D eigenvalue weighted by Crippen LogP contribution is 2.13. The van der Waals surface area contributed by atoms with Crippen LogP contribution in [0.25, 0.3) is 0 Å². The summed E-state index contributed by atoms with van der Waals surface area (Å²) in [6.45, 7) is 9.89. The third-order valence-electron chi connectivity index (χ3n) is 4.53. The van der Waals surface area contributed by atoms with E-state index in [9.17, 15) is 4.79 Å². The van der Waals surface area contributed by atoms with Gasteiger partial charge in [0.15, 0.2) is 0 Å². The zero-order chi connectivity index (χ0) is 15.8. The zero-order valence-electron chi connectivity index (χ0n) is 14.7. The number of nitrogens with zero attached hydrogens (tertiary/aromatic N) is 1. The lowest BCUT2D eigenvalue weighted by Crippen LogP contribution is -2.40. The van der Waals surface area contributed by atoms with Crippen LogP contribution in [0.3, 0.4) is 0 Å². The van der Waals surface area contributed by atoms with Crippen molar-refractivity contribution in [3.63, 3.8) is 0 Å². The average molecular weight is 376 g/mol. The van der Waals surface area contributed by atoms with Crippen LogP contribution in [0.1, 0.15) is 37.8 Å². The van der Waals surface area contributed by atoms with Crippen LogP contribution in [-0.2, 0) is 17.9 Å². The smallest absolute Gasteiger partial charge is 0.224 e. The van der Waals surface area contributed by atoms with E-state index in [0.29, 0.717) is 6.54 Å². The molecule has 6 heteroatoms. The first-order valence-electron chi connectivity index (χ1n) is 8.52. The van der Waals surface area contributed by atoms with Gasteiger partial charge in [-0.05, 0) is 43.6 Å². The van der Waals surface area contributed by atoms with E-state index in [0.717, 1.165) is 45.6 Å². The molecule has 0 spiro atoms. The van der Waals surface area contributed by atoms with Gasteiger partial charge in [-0.3, -0.25) is 9.69 Å². The molecule has 2 rings (SSSR count). The van der Waals surface area contributed by atoms with Gasteiger partial charge in [-0.2, -0.15) is 0 Å². The van der Waals surface area contributed by atoms with E-state index in [1.807, 2.05) is 0 Å². The van der Waals surface area contributed by atoms with Gasteiger partial charge in [-0.1, -0.05) is 38.1 Å². The second kappa shape index (κ2) is 12.5. The van der Waals surface area contributed by atoms with Crippen molar-refractivity contribution >= 4 is 30.7 Å². The summed E-state index contributed by atoms with van der Waals surface area (Å²) in [5, 5.41) is 6.42. The molecule has 1 aliphatic rings. The molecule has 0 radical (unpaired) electrons. The Morgan fingerprint density at radius 1 is 1.21 bits per heavy atom. The molecule has 0 aromatic heterocycles. The summed E-state index contributed by atoms with van der Waals surface area (Å²) >= 11 is 0. The lowest BCUT2D eigenvalue weighted by Gasteiger charge is -2.23. The maximum absolute atomic E-state index is 12.3. The number of carbonyl (C=O) groups is 1. The van der Waals surface area contributed by atoms with Crippen LogP contribution in [-0.4, -0.2) is 37.0 Å². The molecule has 1 heterocycles. The molecule has 0 bridgehead atoms. The van der Waals surface area contributed by atoms with Gasteiger partial charge in [0, 0.05) is 19.6 Å². The fourth-order valence-electron chi connectivity index (χ4n) is 2.97. The fourth-order valence-corrected chi connectivity index (χ4v) is 2.97. The van der Waals surface area contributed by atoms with E-state index in [1.54, 1.807) is 0 Å². The molecular formula is C18H31Cl2N3O. The number of hydrogen-bond acceptors (Lipinski definition) is 3. The highest BCUT2D eigenvalue weighted by atomic mass is 35.5. The van der Waals surface area contributed by atoms with Crippen molar-refractivity contribution in [3.8, 4) is 0 Å². The number of hydrogen-bond donors (Lipinski definition) is 2. The quantitative estimate of drug-likeness (QED) is 0.769. The predicted octanol–water partition coefficient (Wildman–Crippen LogP) is 2.99. The minimum atomic E-state index is 0. The Bertz CT molecular complexity index is 475. The van der Waals surface area contributed by atoms with E-state index in [4.69, 9.17) is 0 Å². The number of piperidine rings is 1. The average Bonchev–Trinajstić information content (AvgIpc) is 2.59. The van der Waals surface area contributed by atoms with Gasteiger partial charge in [-0.15, -0.1) is 24.8 Å². The van der Waals surface area contributed by atoms with Crippen molar-refractivity contribution in [1.29, 1.82) is 0 Å². The fraction of sp³-hybridized carbons (Fsp3) is 0.611. The van der Waals surface area contributed by atoms with E-state index in [1.165, 1.54) is 11.1 Å². The molecule has 1 saturated heterocycles. The molecule has 4 nitrogen and oxygen atoms in total. The highest BCUT2D eigenvalue weighted by molar-refractivity contribution is 5.85. The summed E-state index contributed by atoms with van der Waals surface area (Å²) in [7, 11) is 0. The van der Waals surface area contributed by atoms with Crippen molar-refractivity contribution in [2.45, 2.75) is 39.8 Å². The van der Waals surface area contributed by atoms with Gasteiger partial charge >= 0.3 is 0 Å². The molecule has 24 heavy (non-hydrogen) atoms. The first-order chi connectivity index (χ1) is 10.7. The Balaban J connectivity index is 0.00000264. The SMILES string of the molecule is CCN(CC)Cc1ccccc1CNC(=O)C1CCCNC1.Cl.Cl. The van der Waals surface area contributed by atoms with Crippen molar-refractivity contribution in [3.05, 3.63) is 35.4 Å². The Kier molecular flexibility index (Phi) is 12.1. The molecule has 1 aromatic rings. The second-order valence-corrected chi connectivity index (χ2v) is 5.99. The summed E-state index contributed by atoms with van der Waals surface area (Å²) in [6.07, 6.45) is 2.09. The number of nitrogens with one attached hydrogen (secondary N) is 2. The normalized spacial score (nSPS) is 16.9. The largest absolute Gasteiger partial charge is 0.352 e. The van der Waals surface area contributed by atoms with E-state index in [2.05, 4.69) is 53.6 Å². The summed E-state index contributed by atoms with van der Waals surface area (Å²) < 4.78 is 0. The zero-order valence-corrected chi connectivity index (χ0v) is 16.3. The maximum Gasteiger partial charge on any atom is 0.224 e. The van der Waals surface area contributed by atoms with Crippen molar-refractivity contribution in [1.82, 2.24) is 15.5 Å². The molecular weight excluding hydrogens is 345 g/mol. The number of benzene rings is 1. The van der Waals surface area contributed by atoms with Gasteiger partial charge < -0.3 is 10.6 Å². The number of rotatable bonds is 7. The monoisotopic (exact) mass is 375 g/mol. The molecule has 1 aliphatic heterocycles. The molecule has 1 fully saturated rings. The van der Waals surface area contributed by atoms with Gasteiger partial charge in [0.25, 0.3) is 0 Å². The summed E-state index contributed by atoms with van der Waals surface area (Å²) in [5.41, 5.74) is 2.54. The van der Waals surface area contributed by atoms with Gasteiger partial charge in [-0.25, -0.2) is 0 Å². The number of amides is 1. The summed E-state index contributed by atoms with van der Waals surface area (Å²) in [4.78, 5) is 14.7. The van der Waals surface area contributed by atoms with Gasteiger partial charge in [0.2, 0.25) is 5.91 Å². The maximum atomic E-state index is 12.3. The van der Waals surface area contributed by atoms with Crippen molar-refractivity contribution in [2.24, 2.45) is 5.92 Å². The van der Waals surface area contributed by atoms with Crippen LogP contribution in [0.5, 0.6) is 0 Å². The Morgan fingerprint density at radius 3 is 2.46 bits per heavy atom. The third-order valence-corrected chi connectivity index (χ3v) is 4.53. The van der Waals surface area contributed by atoms with Crippen LogP contribution in [0.2, 0.25) is 0 Å². The Morgan fingerprint density at radius 2 is 1.88 bits per heavy atom. The van der Waals surface area contributed by atoms with Crippen LogP contribution in [0.15, 0.2) is 24.3 Å². The number of halogens is 2. The second-order valence-electron chi connectivity index (χ2n) is 5.99. The van der Waals surface area contributed by atoms with E-state index >= 15 is 0 Å². The molecule has 1 aromatic carbocycles. The Labute approximate surface area is 158 Å². The molecule has 1 unspecified atom stereocenters. The molecule has 1 amide bonds. The lowest BCUT2D eigenvalue weighted by atomic mass is 9.98. The third kappa shape index (κ3) is 6.98. The van der Waals surface area contributed by atoms with Gasteiger partial charge in [0.05, 0.1) is 5.92 Å². The van der Waals surface area contributed by atoms with Crippen LogP contribution in [0.4, 0.5) is 0 Å². The standard InChI is InChI=1S/C18H29N3O.2ClH/c1-3-21(4-2)14-17-9-6-5-8-15(17)13-20-18(22)16-10-7-11-19-12-16;;/h5-6,8-9,16,19H,3-4,7,10-14H2,1-2H3,(H,20,22);2*1H. The van der Waals surface area contributed by atoms with Gasteiger partial charge in [0.1, 0.15) is 0 Å². The van der Waals surface area contributed by atoms with E-state index in [-0.39, 0.29) is 36.6 Å². The summed E-state index contributed by atoms with van der Waals surface area (Å²) in [6, 6.07) is 8.42. The van der Waals surface area contributed by atoms with E-state index < -0.39 is 0 Å². The topological polar surface area (TPSA) is 44.4 Å². The summed E-state index contributed by atoms with van der Waals surface area (Å²) in [5.74, 6) is 0.313. The minimum Gasteiger partial charge on any atom is -0.352 e. The Hall–Kier alpha value is -0.810. The first kappa shape index (κ1) is 23.2. The molecule has 0 saturated carbocycles. The van der Waals surface area contributed by atoms with Crippen LogP contribution in [0, 0.1) is 5.92 Å². The first-order valence-corrected chi connectivity index (χ1v) is 8.52. The molecule has 2 N–H and O–H groups in total. The lowest BCUT2D eigenvalue weighted by molar-refractivity contribution is -0.125. The highest BCUT2D eigenvalue weighted by Gasteiger charge is 2.20. The van der Waals surface area contributed by atoms with Crippen molar-refractivity contribution < 1.29 is 4.79 Å². The molecule has 138 valence electrons. The predicted molar refractivity (Wildman–Crippen MR) is 105 cm³/mol. The molecule has 1 atom stereocenters. The van der Waals surface area contributed by atoms with Crippen LogP contribution >= 0.6 is 24.8 Å². The molecule has 0 aliphatic carbocycles. The van der Waals surface area contributed by atoms with Crippen molar-refractivity contribution in [2.75, 3.05) is 26.2 Å². The number of carbonyl (C=O) groups excluding carboxylic acids is 1. The minimum absolute atomic E-state index is 0. The van der Waals surface area contributed by atoms with Crippen LogP contribution < -0.4 is 10.6 Å².